The lowest BCUT2D eigenvalue weighted by molar-refractivity contribution is -0.134. The van der Waals surface area contributed by atoms with Crippen molar-refractivity contribution >= 4 is 28.3 Å². The minimum atomic E-state index is -0.255. The zero-order chi connectivity index (χ0) is 20.2. The summed E-state index contributed by atoms with van der Waals surface area (Å²) in [6.45, 7) is 2.85. The Morgan fingerprint density at radius 1 is 1.31 bits per heavy atom. The van der Waals surface area contributed by atoms with E-state index in [0.29, 0.717) is 35.6 Å². The number of hydrogen-bond donors (Lipinski definition) is 1. The van der Waals surface area contributed by atoms with E-state index < -0.39 is 0 Å². The zero-order valence-electron chi connectivity index (χ0n) is 16.0. The molecule has 3 heterocycles. The van der Waals surface area contributed by atoms with Crippen molar-refractivity contribution in [3.8, 4) is 11.5 Å². The molecule has 0 saturated carbocycles. The van der Waals surface area contributed by atoms with E-state index in [1.165, 1.54) is 11.3 Å². The molecule has 29 heavy (non-hydrogen) atoms. The maximum absolute atomic E-state index is 12.8. The van der Waals surface area contributed by atoms with Gasteiger partial charge in [0, 0.05) is 18.7 Å². The van der Waals surface area contributed by atoms with E-state index in [9.17, 15) is 9.59 Å². The van der Waals surface area contributed by atoms with Gasteiger partial charge in [-0.05, 0) is 31.9 Å². The van der Waals surface area contributed by atoms with E-state index in [0.717, 1.165) is 18.4 Å². The van der Waals surface area contributed by atoms with E-state index >= 15 is 0 Å². The number of piperidine rings is 1. The van der Waals surface area contributed by atoms with Crippen molar-refractivity contribution in [2.75, 3.05) is 18.4 Å². The number of likely N-dealkylation sites (tertiary alicyclic amines) is 1. The molecule has 0 radical (unpaired) electrons. The molecule has 1 aliphatic heterocycles. The predicted octanol–water partition coefficient (Wildman–Crippen LogP) is 2.92. The van der Waals surface area contributed by atoms with Gasteiger partial charge in [-0.2, -0.15) is 0 Å². The lowest BCUT2D eigenvalue weighted by atomic mass is 9.97. The van der Waals surface area contributed by atoms with E-state index in [2.05, 4.69) is 20.5 Å². The second-order valence-electron chi connectivity index (χ2n) is 6.98. The minimum Gasteiger partial charge on any atom is -0.441 e. The topological polar surface area (TPSA) is 101 Å². The molecule has 1 N–H and O–H groups in total. The third kappa shape index (κ3) is 4.51. The third-order valence-corrected chi connectivity index (χ3v) is 5.57. The van der Waals surface area contributed by atoms with Crippen LogP contribution in [0.1, 0.15) is 24.3 Å². The van der Waals surface area contributed by atoms with Gasteiger partial charge in [0.1, 0.15) is 11.3 Å². The summed E-state index contributed by atoms with van der Waals surface area (Å²) < 4.78 is 5.75. The fourth-order valence-electron chi connectivity index (χ4n) is 3.40. The van der Waals surface area contributed by atoms with Crippen LogP contribution in [0, 0.1) is 12.8 Å². The minimum absolute atomic E-state index is 0.0468. The van der Waals surface area contributed by atoms with Gasteiger partial charge in [-0.3, -0.25) is 9.59 Å². The fraction of sp³-hybridized carbons (Fsp3) is 0.350. The van der Waals surface area contributed by atoms with E-state index in [1.54, 1.807) is 10.4 Å². The van der Waals surface area contributed by atoms with Crippen LogP contribution in [0.2, 0.25) is 0 Å². The summed E-state index contributed by atoms with van der Waals surface area (Å²) in [5, 5.41) is 10.8. The number of aromatic nitrogens is 3. The van der Waals surface area contributed by atoms with Gasteiger partial charge in [-0.15, -0.1) is 10.2 Å². The van der Waals surface area contributed by atoms with Crippen molar-refractivity contribution in [3.05, 3.63) is 47.3 Å². The first kappa shape index (κ1) is 19.3. The van der Waals surface area contributed by atoms with Crippen LogP contribution in [0.25, 0.3) is 11.5 Å². The molecule has 0 spiro atoms. The van der Waals surface area contributed by atoms with Crippen LogP contribution in [0.15, 0.2) is 40.3 Å². The van der Waals surface area contributed by atoms with Crippen LogP contribution in [-0.4, -0.2) is 45.0 Å². The highest BCUT2D eigenvalue weighted by Gasteiger charge is 2.29. The molecule has 1 aromatic carbocycles. The average Bonchev–Trinajstić information content (AvgIpc) is 3.38. The number of anilines is 1. The van der Waals surface area contributed by atoms with Gasteiger partial charge < -0.3 is 14.6 Å². The summed E-state index contributed by atoms with van der Waals surface area (Å²) >= 11 is 1.27. The molecular weight excluding hydrogens is 390 g/mol. The molecule has 150 valence electrons. The largest absolute Gasteiger partial charge is 0.441 e. The van der Waals surface area contributed by atoms with Crippen LogP contribution in [0.3, 0.4) is 0 Å². The number of oxazole rings is 1. The molecule has 0 unspecified atom stereocenters. The van der Waals surface area contributed by atoms with Crippen LogP contribution < -0.4 is 5.32 Å². The van der Waals surface area contributed by atoms with Crippen molar-refractivity contribution in [3.63, 3.8) is 0 Å². The molecule has 2 aromatic heterocycles. The smallest absolute Gasteiger partial charge is 0.231 e. The number of nitrogens with zero attached hydrogens (tertiary/aromatic N) is 4. The lowest BCUT2D eigenvalue weighted by Crippen LogP contribution is -2.44. The third-order valence-electron chi connectivity index (χ3n) is 4.97. The van der Waals surface area contributed by atoms with Crippen molar-refractivity contribution in [2.24, 2.45) is 5.92 Å². The number of aryl methyl sites for hydroxylation is 1. The van der Waals surface area contributed by atoms with Gasteiger partial charge in [-0.1, -0.05) is 29.5 Å². The molecule has 4 rings (SSSR count). The Kier molecular flexibility index (Phi) is 5.66. The molecule has 1 aliphatic rings. The maximum atomic E-state index is 12.8. The van der Waals surface area contributed by atoms with Crippen molar-refractivity contribution in [2.45, 2.75) is 26.2 Å². The highest BCUT2D eigenvalue weighted by molar-refractivity contribution is 7.13. The Balaban J connectivity index is 1.39. The van der Waals surface area contributed by atoms with Crippen molar-refractivity contribution in [1.82, 2.24) is 20.1 Å². The Hall–Kier alpha value is -3.07. The normalized spacial score (nSPS) is 16.6. The highest BCUT2D eigenvalue weighted by atomic mass is 32.1. The van der Waals surface area contributed by atoms with E-state index in [-0.39, 0.29) is 24.2 Å². The van der Waals surface area contributed by atoms with Crippen LogP contribution in [0.5, 0.6) is 0 Å². The summed E-state index contributed by atoms with van der Waals surface area (Å²) in [6.07, 6.45) is 1.69. The average molecular weight is 411 g/mol. The summed E-state index contributed by atoms with van der Waals surface area (Å²) in [4.78, 5) is 31.6. The molecule has 1 fully saturated rings. The molecule has 0 bridgehead atoms. The number of rotatable bonds is 5. The molecule has 1 atom stereocenters. The van der Waals surface area contributed by atoms with Crippen LogP contribution in [0.4, 0.5) is 5.13 Å². The van der Waals surface area contributed by atoms with E-state index in [1.807, 2.05) is 37.3 Å². The molecular formula is C20H21N5O3S. The standard InChI is InChI=1S/C20H21N5O3S/c1-13-16(22-19(28-13)14-6-3-2-4-7-14)10-17(26)25-9-5-8-15(11-25)18(27)23-20-24-21-12-29-20/h2-4,6-7,12,15H,5,8-11H2,1H3,(H,23,24,27)/t15-/m0/s1. The fourth-order valence-corrected chi connectivity index (χ4v) is 3.85. The van der Waals surface area contributed by atoms with Gasteiger partial charge in [0.05, 0.1) is 18.0 Å². The Morgan fingerprint density at radius 3 is 2.90 bits per heavy atom. The lowest BCUT2D eigenvalue weighted by Gasteiger charge is -2.31. The number of hydrogen-bond acceptors (Lipinski definition) is 7. The predicted molar refractivity (Wildman–Crippen MR) is 108 cm³/mol. The Bertz CT molecular complexity index is 987. The monoisotopic (exact) mass is 411 g/mol. The van der Waals surface area contributed by atoms with Crippen molar-refractivity contribution in [1.29, 1.82) is 0 Å². The molecule has 2 amide bonds. The second kappa shape index (κ2) is 8.52. The highest BCUT2D eigenvalue weighted by Crippen LogP contribution is 2.24. The number of benzene rings is 1. The first-order chi connectivity index (χ1) is 14.1. The number of carbonyl (C=O) groups excluding carboxylic acids is 2. The zero-order valence-corrected chi connectivity index (χ0v) is 16.8. The van der Waals surface area contributed by atoms with Gasteiger partial charge in [0.2, 0.25) is 22.8 Å². The molecule has 0 aliphatic carbocycles. The molecule has 1 saturated heterocycles. The first-order valence-corrected chi connectivity index (χ1v) is 10.3. The van der Waals surface area contributed by atoms with Crippen molar-refractivity contribution < 1.29 is 14.0 Å². The Labute approximate surface area is 172 Å². The number of carbonyl (C=O) groups is 2. The van der Waals surface area contributed by atoms with Gasteiger partial charge in [0.25, 0.3) is 0 Å². The molecule has 9 heteroatoms. The van der Waals surface area contributed by atoms with Gasteiger partial charge in [-0.25, -0.2) is 4.98 Å². The number of nitrogens with one attached hydrogen (secondary N) is 1. The summed E-state index contributed by atoms with van der Waals surface area (Å²) in [5.41, 5.74) is 3.07. The summed E-state index contributed by atoms with van der Waals surface area (Å²) in [5.74, 6) is 0.728. The van der Waals surface area contributed by atoms with Gasteiger partial charge in [0.15, 0.2) is 0 Å². The molecule has 3 aromatic rings. The first-order valence-electron chi connectivity index (χ1n) is 9.46. The maximum Gasteiger partial charge on any atom is 0.231 e. The summed E-state index contributed by atoms with van der Waals surface area (Å²) in [6, 6.07) is 9.60. The number of amides is 2. The SMILES string of the molecule is Cc1oc(-c2ccccc2)nc1CC(=O)N1CCC[C@H](C(=O)Nc2nncs2)C1. The van der Waals surface area contributed by atoms with Gasteiger partial charge >= 0.3 is 0 Å². The Morgan fingerprint density at radius 2 is 2.14 bits per heavy atom. The summed E-state index contributed by atoms with van der Waals surface area (Å²) in [7, 11) is 0. The van der Waals surface area contributed by atoms with E-state index in [4.69, 9.17) is 4.42 Å². The second-order valence-corrected chi connectivity index (χ2v) is 7.81. The van der Waals surface area contributed by atoms with Crippen LogP contribution >= 0.6 is 11.3 Å². The molecule has 8 nitrogen and oxygen atoms in total. The van der Waals surface area contributed by atoms with Crippen LogP contribution in [-0.2, 0) is 16.0 Å². The quantitative estimate of drug-likeness (QED) is 0.693.